The van der Waals surface area contributed by atoms with Gasteiger partial charge in [-0.2, -0.15) is 0 Å². The van der Waals surface area contributed by atoms with E-state index in [1.807, 2.05) is 32.9 Å². The van der Waals surface area contributed by atoms with Crippen molar-refractivity contribution < 1.29 is 33.4 Å². The fourth-order valence-electron chi connectivity index (χ4n) is 4.10. The Balaban J connectivity index is 1.58. The fraction of sp³-hybridized carbons (Fsp3) is 0.226. The van der Waals surface area contributed by atoms with Gasteiger partial charge in [0.2, 0.25) is 0 Å². The van der Waals surface area contributed by atoms with Crippen molar-refractivity contribution in [1.29, 1.82) is 0 Å². The number of methoxy groups -OCH3 is 1. The van der Waals surface area contributed by atoms with Gasteiger partial charge in [0.1, 0.15) is 11.3 Å². The van der Waals surface area contributed by atoms with E-state index < -0.39 is 23.8 Å². The van der Waals surface area contributed by atoms with Crippen LogP contribution in [0.25, 0.3) is 6.08 Å². The number of rotatable bonds is 10. The van der Waals surface area contributed by atoms with E-state index in [9.17, 15) is 19.2 Å². The Hall–Kier alpha value is -4.83. The molecule has 3 aromatic rings. The molecule has 218 valence electrons. The minimum absolute atomic E-state index is 0.169. The van der Waals surface area contributed by atoms with Crippen LogP contribution in [0, 0.1) is 13.8 Å². The molecule has 1 heterocycles. The topological polar surface area (TPSA) is 123 Å². The minimum atomic E-state index is -0.919. The molecule has 5 amide bonds. The molecule has 1 saturated heterocycles. The highest BCUT2D eigenvalue weighted by atomic mass is 35.5. The molecule has 2 N–H and O–H groups in total. The largest absolute Gasteiger partial charge is 0.493 e. The summed E-state index contributed by atoms with van der Waals surface area (Å²) in [6, 6.07) is 13.7. The van der Waals surface area contributed by atoms with Gasteiger partial charge in [-0.05, 0) is 79.9 Å². The third-order valence-corrected chi connectivity index (χ3v) is 6.62. The lowest BCUT2D eigenvalue weighted by molar-refractivity contribution is -0.122. The quantitative estimate of drug-likeness (QED) is 0.238. The number of halogens is 1. The molecule has 0 aliphatic carbocycles. The van der Waals surface area contributed by atoms with Gasteiger partial charge in [-0.25, -0.2) is 9.69 Å². The third kappa shape index (κ3) is 6.90. The maximum absolute atomic E-state index is 13.5. The van der Waals surface area contributed by atoms with Gasteiger partial charge in [-0.15, -0.1) is 0 Å². The number of hydrogen-bond donors (Lipinski definition) is 2. The minimum Gasteiger partial charge on any atom is -0.493 e. The Morgan fingerprint density at radius 3 is 2.43 bits per heavy atom. The summed E-state index contributed by atoms with van der Waals surface area (Å²) in [5.41, 5.74) is 2.84. The summed E-state index contributed by atoms with van der Waals surface area (Å²) >= 11 is 6.20. The van der Waals surface area contributed by atoms with Gasteiger partial charge in [0, 0.05) is 22.3 Å². The van der Waals surface area contributed by atoms with E-state index in [2.05, 4.69) is 10.6 Å². The van der Waals surface area contributed by atoms with Crippen LogP contribution in [-0.4, -0.2) is 44.1 Å². The highest BCUT2D eigenvalue weighted by molar-refractivity contribution is 6.39. The first-order chi connectivity index (χ1) is 20.1. The molecule has 1 aliphatic heterocycles. The summed E-state index contributed by atoms with van der Waals surface area (Å²) < 4.78 is 16.8. The van der Waals surface area contributed by atoms with Crippen molar-refractivity contribution in [2.45, 2.75) is 27.2 Å². The summed E-state index contributed by atoms with van der Waals surface area (Å²) in [6.07, 6.45) is 2.04. The first kappa shape index (κ1) is 30.1. The lowest BCUT2D eigenvalue weighted by atomic mass is 10.1. The number of hydrogen-bond acceptors (Lipinski definition) is 7. The average molecular weight is 592 g/mol. The average Bonchev–Trinajstić information content (AvgIpc) is 2.95. The lowest BCUT2D eigenvalue weighted by Crippen LogP contribution is -2.54. The van der Waals surface area contributed by atoms with Crippen LogP contribution in [0.2, 0.25) is 5.02 Å². The molecular weight excluding hydrogens is 562 g/mol. The number of nitrogens with zero attached hydrogens (tertiary/aromatic N) is 1. The Kier molecular flexibility index (Phi) is 9.49. The van der Waals surface area contributed by atoms with Crippen LogP contribution in [-0.2, 0) is 14.4 Å². The molecule has 11 heteroatoms. The maximum atomic E-state index is 13.5. The lowest BCUT2D eigenvalue weighted by Gasteiger charge is -2.27. The highest BCUT2D eigenvalue weighted by Gasteiger charge is 2.37. The molecule has 4 rings (SSSR count). The second-order valence-corrected chi connectivity index (χ2v) is 9.90. The molecule has 0 aromatic heterocycles. The zero-order chi connectivity index (χ0) is 30.4. The van der Waals surface area contributed by atoms with Crippen LogP contribution in [0.4, 0.5) is 16.2 Å². The van der Waals surface area contributed by atoms with Gasteiger partial charge in [-0.1, -0.05) is 24.6 Å². The number of ether oxygens (including phenoxy) is 3. The van der Waals surface area contributed by atoms with Crippen molar-refractivity contribution >= 4 is 52.8 Å². The smallest absolute Gasteiger partial charge is 0.335 e. The van der Waals surface area contributed by atoms with Crippen LogP contribution in [0.15, 0.2) is 60.2 Å². The van der Waals surface area contributed by atoms with Crippen LogP contribution in [0.5, 0.6) is 17.2 Å². The van der Waals surface area contributed by atoms with Crippen molar-refractivity contribution in [3.63, 3.8) is 0 Å². The molecule has 0 saturated carbocycles. The van der Waals surface area contributed by atoms with Crippen molar-refractivity contribution in [1.82, 2.24) is 5.32 Å². The zero-order valence-corrected chi connectivity index (χ0v) is 24.3. The monoisotopic (exact) mass is 591 g/mol. The molecule has 10 nitrogen and oxygen atoms in total. The van der Waals surface area contributed by atoms with Crippen LogP contribution >= 0.6 is 11.6 Å². The number of aryl methyl sites for hydroxylation is 2. The predicted octanol–water partition coefficient (Wildman–Crippen LogP) is 5.44. The SMILES string of the molecule is CCCOc1ccc(N2C(=O)NC(=O)/C(=C/c3cc(Cl)ccc3OCC(=O)Nc3ccc(C)c(C)c3)C2=O)cc1OC. The number of carbonyl (C=O) groups excluding carboxylic acids is 4. The van der Waals surface area contributed by atoms with E-state index in [4.69, 9.17) is 25.8 Å². The van der Waals surface area contributed by atoms with Crippen LogP contribution in [0.1, 0.15) is 30.0 Å². The summed E-state index contributed by atoms with van der Waals surface area (Å²) in [7, 11) is 1.44. The van der Waals surface area contributed by atoms with Gasteiger partial charge in [-0.3, -0.25) is 19.7 Å². The summed E-state index contributed by atoms with van der Waals surface area (Å²) in [5, 5.41) is 5.26. The molecule has 3 aromatic carbocycles. The van der Waals surface area contributed by atoms with Gasteiger partial charge in [0.25, 0.3) is 17.7 Å². The van der Waals surface area contributed by atoms with Crippen molar-refractivity contribution in [3.05, 3.63) is 81.9 Å². The zero-order valence-electron chi connectivity index (χ0n) is 23.6. The van der Waals surface area contributed by atoms with E-state index in [1.54, 1.807) is 18.2 Å². The number of carbonyl (C=O) groups is 4. The van der Waals surface area contributed by atoms with Gasteiger partial charge in [0.15, 0.2) is 18.1 Å². The molecule has 0 atom stereocenters. The molecule has 1 fully saturated rings. The molecule has 0 radical (unpaired) electrons. The number of benzene rings is 3. The predicted molar refractivity (Wildman–Crippen MR) is 159 cm³/mol. The van der Waals surface area contributed by atoms with Gasteiger partial charge in [0.05, 0.1) is 19.4 Å². The summed E-state index contributed by atoms with van der Waals surface area (Å²) in [4.78, 5) is 52.4. The first-order valence-corrected chi connectivity index (χ1v) is 13.5. The number of barbiturate groups is 1. The molecule has 0 bridgehead atoms. The normalized spacial score (nSPS) is 14.1. The Bertz CT molecular complexity index is 1580. The van der Waals surface area contributed by atoms with Crippen LogP contribution < -0.4 is 29.7 Å². The Morgan fingerprint density at radius 1 is 0.952 bits per heavy atom. The second-order valence-electron chi connectivity index (χ2n) is 9.46. The first-order valence-electron chi connectivity index (χ1n) is 13.1. The molecule has 42 heavy (non-hydrogen) atoms. The van der Waals surface area contributed by atoms with Gasteiger partial charge < -0.3 is 19.5 Å². The number of nitrogens with one attached hydrogen (secondary N) is 2. The van der Waals surface area contributed by atoms with Crippen LogP contribution in [0.3, 0.4) is 0 Å². The summed E-state index contributed by atoms with van der Waals surface area (Å²) in [6.45, 7) is 5.99. The molecule has 0 unspecified atom stereocenters. The number of imide groups is 2. The van der Waals surface area contributed by atoms with Crippen molar-refractivity contribution in [2.24, 2.45) is 0 Å². The van der Waals surface area contributed by atoms with E-state index in [0.717, 1.165) is 22.4 Å². The Labute approximate surface area is 248 Å². The molecular formula is C31H30ClN3O7. The van der Waals surface area contributed by atoms with E-state index in [0.29, 0.717) is 28.8 Å². The summed E-state index contributed by atoms with van der Waals surface area (Å²) in [5.74, 6) is -1.21. The van der Waals surface area contributed by atoms with Gasteiger partial charge >= 0.3 is 6.03 Å². The van der Waals surface area contributed by atoms with E-state index in [1.165, 1.54) is 37.5 Å². The standard InChI is InChI=1S/C31H30ClN3O7/c1-5-12-41-26-11-9-23(16-27(26)40-4)35-30(38)24(29(37)34-31(35)39)15-20-14-21(32)7-10-25(20)42-17-28(36)33-22-8-6-18(2)19(3)13-22/h6-11,13-16H,5,12,17H2,1-4H3,(H,33,36)(H,34,37,39)/b24-15-. The highest BCUT2D eigenvalue weighted by Crippen LogP contribution is 2.34. The van der Waals surface area contributed by atoms with Crippen molar-refractivity contribution in [2.75, 3.05) is 30.5 Å². The maximum Gasteiger partial charge on any atom is 0.335 e. The molecule has 0 spiro atoms. The second kappa shape index (κ2) is 13.2. The third-order valence-electron chi connectivity index (χ3n) is 6.39. The van der Waals surface area contributed by atoms with E-state index in [-0.39, 0.29) is 29.2 Å². The fourth-order valence-corrected chi connectivity index (χ4v) is 4.28. The number of anilines is 2. The number of amides is 5. The van der Waals surface area contributed by atoms with Crippen molar-refractivity contribution in [3.8, 4) is 17.2 Å². The van der Waals surface area contributed by atoms with E-state index >= 15 is 0 Å². The Morgan fingerprint density at radius 2 is 1.71 bits per heavy atom. The molecule has 1 aliphatic rings. The number of urea groups is 1.